The topological polar surface area (TPSA) is 99.8 Å². The van der Waals surface area contributed by atoms with Crippen LogP contribution in [0.2, 0.25) is 0 Å². The van der Waals surface area contributed by atoms with Crippen molar-refractivity contribution in [2.75, 3.05) is 19.7 Å². The second-order valence-electron chi connectivity index (χ2n) is 5.36. The fraction of sp³-hybridized carbons (Fsp3) is 0.615. The summed E-state index contributed by atoms with van der Waals surface area (Å²) in [4.78, 5) is 11.0. The molecular weight excluding hydrogens is 296 g/mol. The number of aliphatic hydroxyl groups excluding tert-OH is 1. The van der Waals surface area contributed by atoms with Crippen molar-refractivity contribution in [3.05, 3.63) is 18.0 Å². The van der Waals surface area contributed by atoms with E-state index in [9.17, 15) is 13.2 Å². The summed E-state index contributed by atoms with van der Waals surface area (Å²) < 4.78 is 27.8. The lowest BCUT2D eigenvalue weighted by atomic mass is 9.97. The van der Waals surface area contributed by atoms with Crippen molar-refractivity contribution in [1.29, 1.82) is 0 Å². The number of nitrogens with zero attached hydrogens (tertiary/aromatic N) is 2. The number of aromatic carboxylic acids is 1. The molecule has 2 N–H and O–H groups in total. The third-order valence-electron chi connectivity index (χ3n) is 3.86. The maximum atomic E-state index is 12.6. The minimum absolute atomic E-state index is 0.00653. The van der Waals surface area contributed by atoms with Crippen molar-refractivity contribution in [1.82, 2.24) is 8.87 Å². The first-order valence-corrected chi connectivity index (χ1v) is 8.31. The van der Waals surface area contributed by atoms with Crippen molar-refractivity contribution < 1.29 is 23.4 Å². The summed E-state index contributed by atoms with van der Waals surface area (Å²) >= 11 is 0. The zero-order valence-corrected chi connectivity index (χ0v) is 12.7. The Balaban J connectivity index is 2.25. The summed E-state index contributed by atoms with van der Waals surface area (Å²) in [5, 5.41) is 18.0. The molecule has 1 aromatic rings. The van der Waals surface area contributed by atoms with E-state index in [1.54, 1.807) is 0 Å². The summed E-state index contributed by atoms with van der Waals surface area (Å²) in [6.45, 7) is 0.856. The van der Waals surface area contributed by atoms with E-state index in [2.05, 4.69) is 0 Å². The van der Waals surface area contributed by atoms with Crippen LogP contribution in [0.4, 0.5) is 0 Å². The van der Waals surface area contributed by atoms with E-state index < -0.39 is 16.0 Å². The molecule has 21 heavy (non-hydrogen) atoms. The number of carbonyl (C=O) groups is 1. The number of carboxylic acids is 1. The van der Waals surface area contributed by atoms with E-state index in [0.29, 0.717) is 19.5 Å². The van der Waals surface area contributed by atoms with E-state index in [1.807, 2.05) is 0 Å². The molecule has 1 saturated heterocycles. The predicted octanol–water partition coefficient (Wildman–Crippen LogP) is 0.506. The highest BCUT2D eigenvalue weighted by molar-refractivity contribution is 7.89. The zero-order valence-electron chi connectivity index (χ0n) is 11.9. The molecule has 0 radical (unpaired) electrons. The molecule has 1 aromatic heterocycles. The Hall–Kier alpha value is -1.38. The van der Waals surface area contributed by atoms with E-state index >= 15 is 0 Å². The molecule has 1 aliphatic rings. The first kappa shape index (κ1) is 16.0. The molecule has 7 nitrogen and oxygen atoms in total. The number of hydrogen-bond acceptors (Lipinski definition) is 4. The van der Waals surface area contributed by atoms with Crippen molar-refractivity contribution in [2.24, 2.45) is 13.0 Å². The Kier molecular flexibility index (Phi) is 4.70. The third kappa shape index (κ3) is 3.28. The smallest absolute Gasteiger partial charge is 0.352 e. The molecule has 0 bridgehead atoms. The highest BCUT2D eigenvalue weighted by Crippen LogP contribution is 2.26. The first-order valence-electron chi connectivity index (χ1n) is 6.87. The monoisotopic (exact) mass is 316 g/mol. The molecule has 0 aromatic carbocycles. The highest BCUT2D eigenvalue weighted by atomic mass is 32.2. The maximum absolute atomic E-state index is 12.6. The van der Waals surface area contributed by atoms with E-state index in [-0.39, 0.29) is 23.1 Å². The molecule has 0 saturated carbocycles. The molecule has 1 unspecified atom stereocenters. The van der Waals surface area contributed by atoms with Crippen LogP contribution in [-0.2, 0) is 17.1 Å². The van der Waals surface area contributed by atoms with Crippen LogP contribution in [0.5, 0.6) is 0 Å². The Morgan fingerprint density at radius 2 is 2.19 bits per heavy atom. The molecule has 2 rings (SSSR count). The highest BCUT2D eigenvalue weighted by Gasteiger charge is 2.31. The number of sulfonamides is 1. The van der Waals surface area contributed by atoms with Gasteiger partial charge in [0.2, 0.25) is 10.0 Å². The van der Waals surface area contributed by atoms with Crippen LogP contribution < -0.4 is 0 Å². The Morgan fingerprint density at radius 3 is 2.76 bits per heavy atom. The van der Waals surface area contributed by atoms with E-state index in [4.69, 9.17) is 10.2 Å². The minimum Gasteiger partial charge on any atom is -0.477 e. The van der Waals surface area contributed by atoms with Crippen molar-refractivity contribution in [3.63, 3.8) is 0 Å². The van der Waals surface area contributed by atoms with Gasteiger partial charge < -0.3 is 14.8 Å². The van der Waals surface area contributed by atoms with Crippen molar-refractivity contribution in [2.45, 2.75) is 24.2 Å². The van der Waals surface area contributed by atoms with Gasteiger partial charge in [-0.1, -0.05) is 0 Å². The van der Waals surface area contributed by atoms with Crippen LogP contribution in [-0.4, -0.2) is 53.2 Å². The van der Waals surface area contributed by atoms with Gasteiger partial charge in [-0.05, 0) is 31.2 Å². The van der Waals surface area contributed by atoms with Gasteiger partial charge in [0.15, 0.2) is 0 Å². The summed E-state index contributed by atoms with van der Waals surface area (Å²) in [5.74, 6) is -1.00. The fourth-order valence-corrected chi connectivity index (χ4v) is 4.33. The summed E-state index contributed by atoms with van der Waals surface area (Å²) in [5.41, 5.74) is -0.0579. The lowest BCUT2D eigenvalue weighted by Gasteiger charge is -2.31. The molecule has 0 aliphatic carbocycles. The Bertz CT molecular complexity index is 621. The fourth-order valence-electron chi connectivity index (χ4n) is 2.70. The lowest BCUT2D eigenvalue weighted by molar-refractivity contribution is 0.0686. The van der Waals surface area contributed by atoms with Gasteiger partial charge in [-0.3, -0.25) is 0 Å². The van der Waals surface area contributed by atoms with Crippen LogP contribution >= 0.6 is 0 Å². The van der Waals surface area contributed by atoms with Crippen molar-refractivity contribution >= 4 is 16.0 Å². The molecular formula is C13H20N2O5S. The number of aryl methyl sites for hydroxylation is 1. The number of aromatic nitrogens is 1. The van der Waals surface area contributed by atoms with Crippen LogP contribution in [0.1, 0.15) is 29.8 Å². The standard InChI is InChI=1S/C13H20N2O5S/c1-14-9-11(7-12(14)13(17)18)21(19,20)15-5-2-3-10(8-15)4-6-16/h7,9-10,16H,2-6,8H2,1H3,(H,17,18). The van der Waals surface area contributed by atoms with Gasteiger partial charge in [0.1, 0.15) is 10.6 Å². The summed E-state index contributed by atoms with van der Waals surface area (Å²) in [7, 11) is -2.17. The molecule has 1 fully saturated rings. The second kappa shape index (κ2) is 6.17. The lowest BCUT2D eigenvalue weighted by Crippen LogP contribution is -2.40. The summed E-state index contributed by atoms with van der Waals surface area (Å²) in [6.07, 6.45) is 3.57. The van der Waals surface area contributed by atoms with Gasteiger partial charge >= 0.3 is 5.97 Å². The van der Waals surface area contributed by atoms with Gasteiger partial charge in [0.25, 0.3) is 0 Å². The van der Waals surface area contributed by atoms with Gasteiger partial charge in [0.05, 0.1) is 0 Å². The van der Waals surface area contributed by atoms with E-state index in [1.165, 1.54) is 28.2 Å². The Morgan fingerprint density at radius 1 is 1.48 bits per heavy atom. The quantitative estimate of drug-likeness (QED) is 0.824. The van der Waals surface area contributed by atoms with Crippen LogP contribution in [0.25, 0.3) is 0 Å². The molecule has 1 aliphatic heterocycles. The van der Waals surface area contributed by atoms with Crippen LogP contribution in [0, 0.1) is 5.92 Å². The van der Waals surface area contributed by atoms with Crippen LogP contribution in [0.3, 0.4) is 0 Å². The Labute approximate surface area is 123 Å². The predicted molar refractivity (Wildman–Crippen MR) is 75.6 cm³/mol. The van der Waals surface area contributed by atoms with Gasteiger partial charge in [-0.15, -0.1) is 0 Å². The average molecular weight is 316 g/mol. The first-order chi connectivity index (χ1) is 9.86. The SMILES string of the molecule is Cn1cc(S(=O)(=O)N2CCCC(CCO)C2)cc1C(=O)O. The largest absolute Gasteiger partial charge is 0.477 e. The normalized spacial score (nSPS) is 20.6. The number of piperidine rings is 1. The van der Waals surface area contributed by atoms with Gasteiger partial charge in [0, 0.05) is 32.9 Å². The number of hydrogen-bond donors (Lipinski definition) is 2. The maximum Gasteiger partial charge on any atom is 0.352 e. The molecule has 8 heteroatoms. The number of rotatable bonds is 5. The molecule has 1 atom stereocenters. The molecule has 118 valence electrons. The molecule has 2 heterocycles. The number of carboxylic acid groups (broad SMARTS) is 1. The van der Waals surface area contributed by atoms with Crippen LogP contribution in [0.15, 0.2) is 17.2 Å². The third-order valence-corrected chi connectivity index (χ3v) is 5.69. The zero-order chi connectivity index (χ0) is 15.6. The van der Waals surface area contributed by atoms with Crippen molar-refractivity contribution in [3.8, 4) is 0 Å². The molecule has 0 amide bonds. The number of aliphatic hydroxyl groups is 1. The van der Waals surface area contributed by atoms with E-state index in [0.717, 1.165) is 12.8 Å². The molecule has 0 spiro atoms. The minimum atomic E-state index is -3.68. The van der Waals surface area contributed by atoms with Gasteiger partial charge in [-0.2, -0.15) is 4.31 Å². The summed E-state index contributed by atoms with van der Waals surface area (Å²) in [6, 6.07) is 1.19. The van der Waals surface area contributed by atoms with Gasteiger partial charge in [-0.25, -0.2) is 13.2 Å². The average Bonchev–Trinajstić information content (AvgIpc) is 2.82. The second-order valence-corrected chi connectivity index (χ2v) is 7.30.